The van der Waals surface area contributed by atoms with Crippen molar-refractivity contribution in [2.75, 3.05) is 33.7 Å². The van der Waals surface area contributed by atoms with Crippen molar-refractivity contribution >= 4 is 17.9 Å². The largest absolute Gasteiger partial charge is 0.481 e. The average molecular weight is 299 g/mol. The fraction of sp³-hybridized carbons (Fsp3) is 0.786. The van der Waals surface area contributed by atoms with Crippen molar-refractivity contribution in [3.8, 4) is 0 Å². The number of nitrogens with one attached hydrogen (secondary N) is 1. The molecule has 0 aromatic heterocycles. The molecule has 21 heavy (non-hydrogen) atoms. The smallest absolute Gasteiger partial charge is 0.319 e. The summed E-state index contributed by atoms with van der Waals surface area (Å²) in [6, 6.07) is -0.224. The van der Waals surface area contributed by atoms with E-state index in [2.05, 4.69) is 5.32 Å². The Morgan fingerprint density at radius 2 is 2.05 bits per heavy atom. The molecule has 0 aromatic carbocycles. The van der Waals surface area contributed by atoms with Crippen molar-refractivity contribution in [2.45, 2.75) is 26.7 Å². The van der Waals surface area contributed by atoms with E-state index in [1.807, 2.05) is 0 Å². The van der Waals surface area contributed by atoms with Gasteiger partial charge in [-0.1, -0.05) is 6.92 Å². The molecule has 1 heterocycles. The first-order valence-corrected chi connectivity index (χ1v) is 7.16. The van der Waals surface area contributed by atoms with Crippen LogP contribution in [0, 0.1) is 11.3 Å². The topological polar surface area (TPSA) is 90.0 Å². The number of carboxylic acid groups (broad SMARTS) is 1. The Morgan fingerprint density at radius 1 is 1.43 bits per heavy atom. The molecular weight excluding hydrogens is 274 g/mol. The van der Waals surface area contributed by atoms with Gasteiger partial charge in [0.25, 0.3) is 0 Å². The van der Waals surface area contributed by atoms with Gasteiger partial charge in [-0.25, -0.2) is 4.79 Å². The van der Waals surface area contributed by atoms with Crippen LogP contribution >= 0.6 is 0 Å². The van der Waals surface area contributed by atoms with Gasteiger partial charge in [0.15, 0.2) is 0 Å². The van der Waals surface area contributed by atoms with E-state index in [4.69, 9.17) is 0 Å². The second-order valence-electron chi connectivity index (χ2n) is 6.07. The zero-order chi connectivity index (χ0) is 16.2. The predicted molar refractivity (Wildman–Crippen MR) is 77.8 cm³/mol. The highest BCUT2D eigenvalue weighted by molar-refractivity contribution is 5.80. The molecule has 0 spiro atoms. The highest BCUT2D eigenvalue weighted by Crippen LogP contribution is 2.30. The molecule has 2 N–H and O–H groups in total. The summed E-state index contributed by atoms with van der Waals surface area (Å²) in [6.07, 6.45) is 1.25. The SMILES string of the molecule is CNC(=O)C(C)CN(C)C(=O)N1CCCC(C)(C(=O)O)C1. The van der Waals surface area contributed by atoms with Gasteiger partial charge in [-0.3, -0.25) is 9.59 Å². The number of nitrogens with zero attached hydrogens (tertiary/aromatic N) is 2. The fourth-order valence-corrected chi connectivity index (χ4v) is 2.64. The van der Waals surface area contributed by atoms with Crippen molar-refractivity contribution in [2.24, 2.45) is 11.3 Å². The molecule has 0 aromatic rings. The van der Waals surface area contributed by atoms with Crippen molar-refractivity contribution in [3.05, 3.63) is 0 Å². The second-order valence-corrected chi connectivity index (χ2v) is 6.07. The minimum absolute atomic E-state index is 0.122. The summed E-state index contributed by atoms with van der Waals surface area (Å²) in [5.74, 6) is -1.30. The minimum atomic E-state index is -0.888. The van der Waals surface area contributed by atoms with Crippen molar-refractivity contribution in [3.63, 3.8) is 0 Å². The molecule has 7 heteroatoms. The molecule has 1 fully saturated rings. The number of aliphatic carboxylic acids is 1. The van der Waals surface area contributed by atoms with Gasteiger partial charge < -0.3 is 20.2 Å². The Bertz CT molecular complexity index is 426. The van der Waals surface area contributed by atoms with Gasteiger partial charge in [0, 0.05) is 33.7 Å². The molecule has 1 aliphatic heterocycles. The van der Waals surface area contributed by atoms with Crippen LogP contribution < -0.4 is 5.32 Å². The number of hydrogen-bond acceptors (Lipinski definition) is 3. The molecule has 1 aliphatic rings. The summed E-state index contributed by atoms with van der Waals surface area (Å²) in [5, 5.41) is 11.8. The maximum Gasteiger partial charge on any atom is 0.319 e. The number of carbonyl (C=O) groups is 3. The van der Waals surface area contributed by atoms with Crippen LogP contribution in [-0.2, 0) is 9.59 Å². The normalized spacial score (nSPS) is 23.3. The van der Waals surface area contributed by atoms with Gasteiger partial charge in [-0.15, -0.1) is 0 Å². The van der Waals surface area contributed by atoms with Crippen LogP contribution in [0.15, 0.2) is 0 Å². The molecule has 1 saturated heterocycles. The number of urea groups is 1. The minimum Gasteiger partial charge on any atom is -0.481 e. The molecular formula is C14H25N3O4. The first-order valence-electron chi connectivity index (χ1n) is 7.16. The molecule has 0 aliphatic carbocycles. The van der Waals surface area contributed by atoms with Gasteiger partial charge in [0.05, 0.1) is 11.3 Å². The Morgan fingerprint density at radius 3 is 2.57 bits per heavy atom. The third kappa shape index (κ3) is 4.09. The molecule has 2 unspecified atom stereocenters. The van der Waals surface area contributed by atoms with Gasteiger partial charge in [0.2, 0.25) is 5.91 Å². The van der Waals surface area contributed by atoms with E-state index in [9.17, 15) is 19.5 Å². The average Bonchev–Trinajstić information content (AvgIpc) is 2.45. The number of carbonyl (C=O) groups excluding carboxylic acids is 2. The number of amides is 3. The van der Waals surface area contributed by atoms with E-state index in [1.165, 1.54) is 4.90 Å². The van der Waals surface area contributed by atoms with Crippen LogP contribution in [0.5, 0.6) is 0 Å². The van der Waals surface area contributed by atoms with E-state index in [0.29, 0.717) is 25.9 Å². The van der Waals surface area contributed by atoms with Crippen molar-refractivity contribution in [1.82, 2.24) is 15.1 Å². The molecule has 3 amide bonds. The number of hydrogen-bond donors (Lipinski definition) is 2. The van der Waals surface area contributed by atoms with E-state index in [-0.39, 0.29) is 24.4 Å². The van der Waals surface area contributed by atoms with E-state index in [1.54, 1.807) is 32.8 Å². The molecule has 1 rings (SSSR count). The standard InChI is InChI=1S/C14H25N3O4/c1-10(11(18)15-3)8-16(4)13(21)17-7-5-6-14(2,9-17)12(19)20/h10H,5-9H2,1-4H3,(H,15,18)(H,19,20). The fourth-order valence-electron chi connectivity index (χ4n) is 2.64. The van der Waals surface area contributed by atoms with Crippen LogP contribution in [0.1, 0.15) is 26.7 Å². The Balaban J connectivity index is 2.66. The zero-order valence-electron chi connectivity index (χ0n) is 13.2. The van der Waals surface area contributed by atoms with Gasteiger partial charge >= 0.3 is 12.0 Å². The van der Waals surface area contributed by atoms with Crippen LogP contribution in [-0.4, -0.2) is 66.5 Å². The lowest BCUT2D eigenvalue weighted by Crippen LogP contribution is -2.52. The number of piperidine rings is 1. The summed E-state index contributed by atoms with van der Waals surface area (Å²) in [7, 11) is 3.19. The number of rotatable bonds is 4. The highest BCUT2D eigenvalue weighted by Gasteiger charge is 2.40. The highest BCUT2D eigenvalue weighted by atomic mass is 16.4. The first-order chi connectivity index (χ1) is 9.71. The number of carboxylic acids is 1. The molecule has 120 valence electrons. The first kappa shape index (κ1) is 17.3. The summed E-state index contributed by atoms with van der Waals surface area (Å²) in [5.41, 5.74) is -0.888. The van der Waals surface area contributed by atoms with E-state index < -0.39 is 11.4 Å². The summed E-state index contributed by atoms with van der Waals surface area (Å²) in [4.78, 5) is 38.2. The summed E-state index contributed by atoms with van der Waals surface area (Å²) in [6.45, 7) is 4.49. The molecule has 0 radical (unpaired) electrons. The predicted octanol–water partition coefficient (Wildman–Crippen LogP) is 0.607. The summed E-state index contributed by atoms with van der Waals surface area (Å²) >= 11 is 0. The van der Waals surface area contributed by atoms with E-state index in [0.717, 1.165) is 0 Å². The van der Waals surface area contributed by atoms with Crippen LogP contribution in [0.4, 0.5) is 4.79 Å². The Labute approximate surface area is 125 Å². The molecule has 0 saturated carbocycles. The molecule has 7 nitrogen and oxygen atoms in total. The van der Waals surface area contributed by atoms with Crippen LogP contribution in [0.25, 0.3) is 0 Å². The van der Waals surface area contributed by atoms with Gasteiger partial charge in [-0.2, -0.15) is 0 Å². The summed E-state index contributed by atoms with van der Waals surface area (Å²) < 4.78 is 0. The Kier molecular flexibility index (Phi) is 5.57. The maximum atomic E-state index is 12.4. The van der Waals surface area contributed by atoms with Gasteiger partial charge in [0.1, 0.15) is 0 Å². The lowest BCUT2D eigenvalue weighted by Gasteiger charge is -2.39. The van der Waals surface area contributed by atoms with Crippen LogP contribution in [0.3, 0.4) is 0 Å². The molecule has 0 bridgehead atoms. The monoisotopic (exact) mass is 299 g/mol. The molecule has 2 atom stereocenters. The lowest BCUT2D eigenvalue weighted by atomic mass is 9.82. The van der Waals surface area contributed by atoms with Gasteiger partial charge in [-0.05, 0) is 19.8 Å². The second kappa shape index (κ2) is 6.78. The Hall–Kier alpha value is -1.79. The number of likely N-dealkylation sites (tertiary alicyclic amines) is 1. The van der Waals surface area contributed by atoms with E-state index >= 15 is 0 Å². The lowest BCUT2D eigenvalue weighted by molar-refractivity contribution is -0.150. The third-order valence-corrected chi connectivity index (χ3v) is 4.05. The van der Waals surface area contributed by atoms with Crippen molar-refractivity contribution < 1.29 is 19.5 Å². The maximum absolute atomic E-state index is 12.4. The zero-order valence-corrected chi connectivity index (χ0v) is 13.2. The van der Waals surface area contributed by atoms with Crippen molar-refractivity contribution in [1.29, 1.82) is 0 Å². The van der Waals surface area contributed by atoms with Crippen LogP contribution in [0.2, 0.25) is 0 Å². The third-order valence-electron chi connectivity index (χ3n) is 4.05. The quantitative estimate of drug-likeness (QED) is 0.795.